The Hall–Kier alpha value is -2.66. The molecule has 0 spiro atoms. The highest BCUT2D eigenvalue weighted by molar-refractivity contribution is 5.99. The number of nitrogens with zero attached hydrogens (tertiary/aromatic N) is 2. The summed E-state index contributed by atoms with van der Waals surface area (Å²) in [6, 6.07) is 16.3. The highest BCUT2D eigenvalue weighted by Crippen LogP contribution is 2.24. The lowest BCUT2D eigenvalue weighted by molar-refractivity contribution is -0.121. The van der Waals surface area contributed by atoms with Crippen LogP contribution in [0.4, 0.5) is 5.69 Å². The first-order valence-electron chi connectivity index (χ1n) is 7.95. The van der Waals surface area contributed by atoms with Gasteiger partial charge in [-0.15, -0.1) is 0 Å². The quantitative estimate of drug-likeness (QED) is 0.918. The van der Waals surface area contributed by atoms with E-state index in [1.54, 1.807) is 24.3 Å². The molecule has 3 rings (SSSR count). The number of hydrogen-bond donors (Lipinski definition) is 1. The Morgan fingerprint density at radius 1 is 1.17 bits per heavy atom. The summed E-state index contributed by atoms with van der Waals surface area (Å²) in [4.78, 5) is 27.4. The average molecular weight is 324 g/mol. The van der Waals surface area contributed by atoms with Gasteiger partial charge in [0.2, 0.25) is 5.91 Å². The first-order chi connectivity index (χ1) is 11.6. The summed E-state index contributed by atoms with van der Waals surface area (Å²) in [7, 11) is 1.93. The second kappa shape index (κ2) is 6.84. The van der Waals surface area contributed by atoms with E-state index in [-0.39, 0.29) is 17.5 Å². The number of aromatic carboxylic acids is 1. The van der Waals surface area contributed by atoms with Crippen LogP contribution in [0.15, 0.2) is 54.6 Å². The Kier molecular flexibility index (Phi) is 4.62. The Bertz CT molecular complexity index is 728. The van der Waals surface area contributed by atoms with Crippen LogP contribution < -0.4 is 4.90 Å². The molecule has 1 heterocycles. The van der Waals surface area contributed by atoms with Crippen molar-refractivity contribution in [1.82, 2.24) is 4.90 Å². The molecule has 0 saturated carbocycles. The van der Waals surface area contributed by atoms with E-state index in [1.165, 1.54) is 0 Å². The van der Waals surface area contributed by atoms with Crippen molar-refractivity contribution in [2.24, 2.45) is 0 Å². The first kappa shape index (κ1) is 16.2. The zero-order valence-electron chi connectivity index (χ0n) is 13.6. The molecule has 5 heteroatoms. The van der Waals surface area contributed by atoms with Crippen molar-refractivity contribution in [3.05, 3.63) is 65.7 Å². The van der Waals surface area contributed by atoms with Crippen LogP contribution in [0.5, 0.6) is 0 Å². The fourth-order valence-corrected chi connectivity index (χ4v) is 3.09. The first-order valence-corrected chi connectivity index (χ1v) is 7.95. The van der Waals surface area contributed by atoms with Gasteiger partial charge in [-0.25, -0.2) is 4.79 Å². The van der Waals surface area contributed by atoms with Gasteiger partial charge in [-0.2, -0.15) is 0 Å². The molecular formula is C19H20N2O3. The maximum atomic E-state index is 12.7. The molecule has 24 heavy (non-hydrogen) atoms. The van der Waals surface area contributed by atoms with Crippen molar-refractivity contribution in [2.75, 3.05) is 18.5 Å². The van der Waals surface area contributed by atoms with E-state index < -0.39 is 5.97 Å². The lowest BCUT2D eigenvalue weighted by Gasteiger charge is -2.24. The topological polar surface area (TPSA) is 60.9 Å². The molecule has 1 N–H and O–H groups in total. The summed E-state index contributed by atoms with van der Waals surface area (Å²) in [5.41, 5.74) is 2.20. The van der Waals surface area contributed by atoms with Gasteiger partial charge in [0.05, 0.1) is 11.6 Å². The average Bonchev–Trinajstić information content (AvgIpc) is 2.98. The Morgan fingerprint density at radius 3 is 2.46 bits per heavy atom. The van der Waals surface area contributed by atoms with Crippen LogP contribution in [-0.4, -0.2) is 41.5 Å². The van der Waals surface area contributed by atoms with Crippen LogP contribution in [-0.2, 0) is 11.3 Å². The third-order valence-corrected chi connectivity index (χ3v) is 4.41. The fraction of sp³-hybridized carbons (Fsp3) is 0.263. The van der Waals surface area contributed by atoms with Gasteiger partial charge in [0.25, 0.3) is 0 Å². The molecule has 1 amide bonds. The van der Waals surface area contributed by atoms with Crippen LogP contribution in [0.3, 0.4) is 0 Å². The minimum absolute atomic E-state index is 0.117. The van der Waals surface area contributed by atoms with E-state index in [0.717, 1.165) is 24.2 Å². The molecule has 2 aromatic carbocycles. The summed E-state index contributed by atoms with van der Waals surface area (Å²) >= 11 is 0. The third-order valence-electron chi connectivity index (χ3n) is 4.41. The number of likely N-dealkylation sites (N-methyl/N-ethyl adjacent to an activating group) is 1. The molecule has 2 aromatic rings. The third kappa shape index (κ3) is 3.31. The molecule has 0 bridgehead atoms. The van der Waals surface area contributed by atoms with E-state index in [4.69, 9.17) is 5.11 Å². The predicted molar refractivity (Wildman–Crippen MR) is 92.1 cm³/mol. The number of rotatable bonds is 5. The van der Waals surface area contributed by atoms with Crippen molar-refractivity contribution >= 4 is 17.6 Å². The predicted octanol–water partition coefficient (Wildman–Crippen LogP) is 2.62. The van der Waals surface area contributed by atoms with Crippen LogP contribution in [0.25, 0.3) is 0 Å². The highest BCUT2D eigenvalue weighted by Gasteiger charge is 2.35. The maximum Gasteiger partial charge on any atom is 0.335 e. The van der Waals surface area contributed by atoms with Crippen molar-refractivity contribution in [3.63, 3.8) is 0 Å². The number of benzene rings is 2. The summed E-state index contributed by atoms with van der Waals surface area (Å²) in [5, 5.41) is 8.94. The molecule has 1 saturated heterocycles. The molecule has 0 aliphatic carbocycles. The monoisotopic (exact) mass is 324 g/mol. The van der Waals surface area contributed by atoms with E-state index in [2.05, 4.69) is 0 Å². The number of carboxylic acids is 1. The second-order valence-electron chi connectivity index (χ2n) is 6.05. The van der Waals surface area contributed by atoms with Crippen molar-refractivity contribution in [1.29, 1.82) is 0 Å². The maximum absolute atomic E-state index is 12.7. The van der Waals surface area contributed by atoms with Gasteiger partial charge >= 0.3 is 5.97 Å². The molecular weight excluding hydrogens is 304 g/mol. The van der Waals surface area contributed by atoms with Gasteiger partial charge in [0.15, 0.2) is 0 Å². The van der Waals surface area contributed by atoms with Gasteiger partial charge < -0.3 is 10.0 Å². The second-order valence-corrected chi connectivity index (χ2v) is 6.05. The van der Waals surface area contributed by atoms with Gasteiger partial charge in [-0.05, 0) is 43.3 Å². The van der Waals surface area contributed by atoms with E-state index in [9.17, 15) is 9.59 Å². The molecule has 1 fully saturated rings. The van der Waals surface area contributed by atoms with E-state index >= 15 is 0 Å². The lowest BCUT2D eigenvalue weighted by atomic mass is 10.1. The smallest absolute Gasteiger partial charge is 0.335 e. The van der Waals surface area contributed by atoms with Gasteiger partial charge in [0.1, 0.15) is 0 Å². The van der Waals surface area contributed by atoms with Gasteiger partial charge in [0, 0.05) is 18.8 Å². The zero-order valence-corrected chi connectivity index (χ0v) is 13.6. The molecule has 5 nitrogen and oxygen atoms in total. The summed E-state index contributed by atoms with van der Waals surface area (Å²) in [6.45, 7) is 1.33. The van der Waals surface area contributed by atoms with Gasteiger partial charge in [-0.3, -0.25) is 9.69 Å². The molecule has 124 valence electrons. The zero-order chi connectivity index (χ0) is 17.1. The molecule has 0 aromatic heterocycles. The Morgan fingerprint density at radius 2 is 1.83 bits per heavy atom. The number of para-hydroxylation sites is 1. The number of carbonyl (C=O) groups excluding carboxylic acids is 1. The number of amides is 1. The summed E-state index contributed by atoms with van der Waals surface area (Å²) in [5.74, 6) is -0.815. The Labute approximate surface area is 141 Å². The van der Waals surface area contributed by atoms with E-state index in [0.29, 0.717) is 6.54 Å². The van der Waals surface area contributed by atoms with E-state index in [1.807, 2.05) is 47.2 Å². The minimum atomic E-state index is -0.931. The molecule has 1 unspecified atom stereocenters. The lowest BCUT2D eigenvalue weighted by Crippen LogP contribution is -2.39. The summed E-state index contributed by atoms with van der Waals surface area (Å²) in [6.07, 6.45) is 0.789. The highest BCUT2D eigenvalue weighted by atomic mass is 16.4. The van der Waals surface area contributed by atoms with Crippen LogP contribution in [0.1, 0.15) is 22.3 Å². The van der Waals surface area contributed by atoms with Crippen molar-refractivity contribution in [2.45, 2.75) is 19.0 Å². The van der Waals surface area contributed by atoms with Crippen LogP contribution >= 0.6 is 0 Å². The van der Waals surface area contributed by atoms with Gasteiger partial charge in [-0.1, -0.05) is 30.3 Å². The van der Waals surface area contributed by atoms with Crippen LogP contribution in [0.2, 0.25) is 0 Å². The van der Waals surface area contributed by atoms with Crippen molar-refractivity contribution in [3.8, 4) is 0 Å². The number of carbonyl (C=O) groups is 2. The Balaban J connectivity index is 1.66. The molecule has 1 atom stereocenters. The minimum Gasteiger partial charge on any atom is -0.478 e. The molecule has 1 aliphatic heterocycles. The van der Waals surface area contributed by atoms with Crippen LogP contribution in [0, 0.1) is 0 Å². The number of anilines is 1. The normalized spacial score (nSPS) is 17.5. The number of carboxylic acid groups (broad SMARTS) is 1. The number of hydrogen-bond acceptors (Lipinski definition) is 3. The largest absolute Gasteiger partial charge is 0.478 e. The SMILES string of the molecule is CN(Cc1ccc(C(=O)O)cc1)C1CCN(c2ccccc2)C1=O. The molecule has 1 aliphatic rings. The fourth-order valence-electron chi connectivity index (χ4n) is 3.09. The summed E-state index contributed by atoms with van der Waals surface area (Å²) < 4.78 is 0. The standard InChI is InChI=1S/C19H20N2O3/c1-20(13-14-7-9-15(10-8-14)19(23)24)17-11-12-21(18(17)22)16-5-3-2-4-6-16/h2-10,17H,11-13H2,1H3,(H,23,24). The molecule has 0 radical (unpaired) electrons. The van der Waals surface area contributed by atoms with Crippen molar-refractivity contribution < 1.29 is 14.7 Å².